The zero-order valence-electron chi connectivity index (χ0n) is 20.1. The summed E-state index contributed by atoms with van der Waals surface area (Å²) in [6, 6.07) is -4.15. The Balaban J connectivity index is 2.84. The molecule has 0 aromatic rings. The van der Waals surface area contributed by atoms with Crippen LogP contribution in [0.3, 0.4) is 0 Å². The molecule has 34 heavy (non-hydrogen) atoms. The third-order valence-electron chi connectivity index (χ3n) is 5.51. The maximum absolute atomic E-state index is 13.0. The molecular weight excluding hydrogens is 446 g/mol. The van der Waals surface area contributed by atoms with Crippen LogP contribution in [0.15, 0.2) is 4.99 Å². The lowest BCUT2D eigenvalue weighted by molar-refractivity contribution is -0.145. The Bertz CT molecular complexity index is 754. The smallest absolute Gasteiger partial charge is 0.328 e. The number of nitrogens with one attached hydrogen (secondary N) is 2. The third-order valence-corrected chi connectivity index (χ3v) is 5.51. The summed E-state index contributed by atoms with van der Waals surface area (Å²) < 4.78 is 0. The molecule has 1 rings (SSSR count). The SMILES string of the molecule is CC(C)CC(NC(=O)C1CCCN1C(=O)C(N)CCCN=C(N)N)C(=O)NC(C(=O)O)C(C)O. The largest absolute Gasteiger partial charge is 0.480 e. The molecule has 13 heteroatoms. The van der Waals surface area contributed by atoms with Gasteiger partial charge in [-0.25, -0.2) is 4.79 Å². The Morgan fingerprint density at radius 2 is 1.79 bits per heavy atom. The molecule has 0 aromatic heterocycles. The molecule has 5 atom stereocenters. The number of aliphatic hydroxyl groups is 1. The molecule has 5 unspecified atom stereocenters. The van der Waals surface area contributed by atoms with Gasteiger partial charge in [0.1, 0.15) is 12.1 Å². The number of carboxylic acid groups (broad SMARTS) is 1. The van der Waals surface area contributed by atoms with Gasteiger partial charge in [-0.05, 0) is 44.9 Å². The summed E-state index contributed by atoms with van der Waals surface area (Å²) in [5.41, 5.74) is 16.6. The van der Waals surface area contributed by atoms with E-state index in [1.54, 1.807) is 0 Å². The van der Waals surface area contributed by atoms with Gasteiger partial charge in [0.25, 0.3) is 0 Å². The second-order valence-electron chi connectivity index (χ2n) is 9.00. The minimum absolute atomic E-state index is 0.00540. The van der Waals surface area contributed by atoms with Crippen molar-refractivity contribution >= 4 is 29.7 Å². The van der Waals surface area contributed by atoms with E-state index >= 15 is 0 Å². The van der Waals surface area contributed by atoms with Crippen LogP contribution in [0.1, 0.15) is 52.9 Å². The molecule has 13 nitrogen and oxygen atoms in total. The quantitative estimate of drug-likeness (QED) is 0.0854. The number of amides is 3. The zero-order chi connectivity index (χ0) is 26.0. The minimum atomic E-state index is -1.51. The fraction of sp³-hybridized carbons (Fsp3) is 0.762. The topological polar surface area (TPSA) is 226 Å². The van der Waals surface area contributed by atoms with E-state index in [0.717, 1.165) is 0 Å². The lowest BCUT2D eigenvalue weighted by Crippen LogP contribution is -2.58. The Hall–Kier alpha value is -2.93. The number of hydrogen-bond donors (Lipinski definition) is 7. The molecule has 1 saturated heterocycles. The summed E-state index contributed by atoms with van der Waals surface area (Å²) in [6.45, 7) is 5.65. The van der Waals surface area contributed by atoms with Gasteiger partial charge in [0.2, 0.25) is 17.7 Å². The molecule has 3 amide bonds. The first kappa shape index (κ1) is 29.1. The third kappa shape index (κ3) is 9.14. The van der Waals surface area contributed by atoms with E-state index in [-0.39, 0.29) is 24.2 Å². The number of hydrogen-bond acceptors (Lipinski definition) is 7. The average molecular weight is 486 g/mol. The van der Waals surface area contributed by atoms with Crippen molar-refractivity contribution in [2.45, 2.75) is 83.1 Å². The van der Waals surface area contributed by atoms with Crippen molar-refractivity contribution in [1.29, 1.82) is 0 Å². The number of carboxylic acids is 1. The second-order valence-corrected chi connectivity index (χ2v) is 9.00. The van der Waals surface area contributed by atoms with Gasteiger partial charge in [-0.15, -0.1) is 0 Å². The van der Waals surface area contributed by atoms with Crippen molar-refractivity contribution in [3.05, 3.63) is 0 Å². The molecule has 1 fully saturated rings. The van der Waals surface area contributed by atoms with E-state index < -0.39 is 48.1 Å². The maximum Gasteiger partial charge on any atom is 0.328 e. The highest BCUT2D eigenvalue weighted by Crippen LogP contribution is 2.20. The molecule has 0 bridgehead atoms. The first-order chi connectivity index (χ1) is 15.8. The van der Waals surface area contributed by atoms with Gasteiger partial charge in [-0.3, -0.25) is 19.4 Å². The number of nitrogens with two attached hydrogens (primary N) is 3. The van der Waals surface area contributed by atoms with E-state index in [1.807, 2.05) is 13.8 Å². The summed E-state index contributed by atoms with van der Waals surface area (Å²) in [5.74, 6) is -3.03. The highest BCUT2D eigenvalue weighted by Gasteiger charge is 2.38. The Morgan fingerprint density at radius 3 is 2.32 bits per heavy atom. The monoisotopic (exact) mass is 485 g/mol. The number of nitrogens with zero attached hydrogens (tertiary/aromatic N) is 2. The molecule has 1 heterocycles. The molecular formula is C21H39N7O6. The molecule has 1 aliphatic rings. The highest BCUT2D eigenvalue weighted by molar-refractivity contribution is 5.94. The number of carbonyl (C=O) groups is 4. The number of carbonyl (C=O) groups excluding carboxylic acids is 3. The first-order valence-electron chi connectivity index (χ1n) is 11.5. The number of aliphatic hydroxyl groups excluding tert-OH is 1. The van der Waals surface area contributed by atoms with Crippen molar-refractivity contribution in [1.82, 2.24) is 15.5 Å². The van der Waals surface area contributed by atoms with E-state index in [4.69, 9.17) is 17.2 Å². The van der Waals surface area contributed by atoms with Gasteiger partial charge >= 0.3 is 5.97 Å². The Morgan fingerprint density at radius 1 is 1.15 bits per heavy atom. The number of rotatable bonds is 13. The summed E-state index contributed by atoms with van der Waals surface area (Å²) in [6.07, 6.45) is 0.784. The van der Waals surface area contributed by atoms with E-state index in [1.165, 1.54) is 11.8 Å². The van der Waals surface area contributed by atoms with Crippen LogP contribution in [0.5, 0.6) is 0 Å². The standard InChI is InChI=1S/C21H39N7O6/c1-11(2)10-14(17(30)27-16(12(3)29)20(33)34)26-18(31)15-7-5-9-28(15)19(32)13(22)6-4-8-25-21(23)24/h11-16,29H,4-10,22H2,1-3H3,(H,26,31)(H,27,30)(H,33,34)(H4,23,24,25). The number of aliphatic carboxylic acids is 1. The van der Waals surface area contributed by atoms with Gasteiger partial charge in [-0.2, -0.15) is 0 Å². The lowest BCUT2D eigenvalue weighted by atomic mass is 10.0. The Kier molecular flexibility index (Phi) is 11.7. The number of aliphatic imine (C=N–C) groups is 1. The molecule has 10 N–H and O–H groups in total. The summed E-state index contributed by atoms with van der Waals surface area (Å²) in [7, 11) is 0. The van der Waals surface area contributed by atoms with Crippen LogP contribution in [0, 0.1) is 5.92 Å². The average Bonchev–Trinajstić information content (AvgIpc) is 3.22. The van der Waals surface area contributed by atoms with Gasteiger partial charge in [0.15, 0.2) is 12.0 Å². The Labute approximate surface area is 199 Å². The number of likely N-dealkylation sites (tertiary alicyclic amines) is 1. The molecule has 0 saturated carbocycles. The highest BCUT2D eigenvalue weighted by atomic mass is 16.4. The fourth-order valence-electron chi connectivity index (χ4n) is 3.77. The molecule has 0 spiro atoms. The predicted octanol–water partition coefficient (Wildman–Crippen LogP) is -2.16. The normalized spacial score (nSPS) is 19.1. The van der Waals surface area contributed by atoms with Crippen LogP contribution >= 0.6 is 0 Å². The van der Waals surface area contributed by atoms with Crippen molar-refractivity contribution in [2.24, 2.45) is 28.1 Å². The van der Waals surface area contributed by atoms with Crippen LogP contribution in [-0.4, -0.2) is 88.1 Å². The molecule has 0 radical (unpaired) electrons. The summed E-state index contributed by atoms with van der Waals surface area (Å²) in [4.78, 5) is 55.2. The molecule has 194 valence electrons. The van der Waals surface area contributed by atoms with Crippen LogP contribution in [0.4, 0.5) is 0 Å². The first-order valence-corrected chi connectivity index (χ1v) is 11.5. The summed E-state index contributed by atoms with van der Waals surface area (Å²) in [5, 5.41) is 23.8. The van der Waals surface area contributed by atoms with Gasteiger partial charge < -0.3 is 42.9 Å². The zero-order valence-corrected chi connectivity index (χ0v) is 20.1. The van der Waals surface area contributed by atoms with E-state index in [2.05, 4.69) is 15.6 Å². The van der Waals surface area contributed by atoms with Crippen molar-refractivity contribution in [2.75, 3.05) is 13.1 Å². The lowest BCUT2D eigenvalue weighted by Gasteiger charge is -2.29. The van der Waals surface area contributed by atoms with E-state index in [9.17, 15) is 29.4 Å². The van der Waals surface area contributed by atoms with Crippen LogP contribution in [-0.2, 0) is 19.2 Å². The van der Waals surface area contributed by atoms with Crippen molar-refractivity contribution in [3.8, 4) is 0 Å². The fourth-order valence-corrected chi connectivity index (χ4v) is 3.77. The van der Waals surface area contributed by atoms with E-state index in [0.29, 0.717) is 38.8 Å². The van der Waals surface area contributed by atoms with Crippen LogP contribution in [0.25, 0.3) is 0 Å². The summed E-state index contributed by atoms with van der Waals surface area (Å²) >= 11 is 0. The van der Waals surface area contributed by atoms with Gasteiger partial charge in [0.05, 0.1) is 12.1 Å². The molecule has 0 aromatic carbocycles. The van der Waals surface area contributed by atoms with Crippen molar-refractivity contribution < 1.29 is 29.4 Å². The van der Waals surface area contributed by atoms with Crippen LogP contribution < -0.4 is 27.8 Å². The van der Waals surface area contributed by atoms with Gasteiger partial charge in [-0.1, -0.05) is 13.8 Å². The minimum Gasteiger partial charge on any atom is -0.480 e. The van der Waals surface area contributed by atoms with Gasteiger partial charge in [0, 0.05) is 13.1 Å². The molecule has 0 aliphatic carbocycles. The van der Waals surface area contributed by atoms with Crippen molar-refractivity contribution in [3.63, 3.8) is 0 Å². The number of guanidine groups is 1. The second kappa shape index (κ2) is 13.7. The van der Waals surface area contributed by atoms with Crippen LogP contribution in [0.2, 0.25) is 0 Å². The predicted molar refractivity (Wildman–Crippen MR) is 125 cm³/mol. The maximum atomic E-state index is 13.0. The molecule has 1 aliphatic heterocycles.